The van der Waals surface area contributed by atoms with Crippen molar-refractivity contribution < 1.29 is 10.0 Å². The Kier molecular flexibility index (Phi) is 6.45. The fourth-order valence-electron chi connectivity index (χ4n) is 1.94. The van der Waals surface area contributed by atoms with Crippen molar-refractivity contribution in [1.29, 1.82) is 0 Å². The van der Waals surface area contributed by atoms with Gasteiger partial charge in [0.15, 0.2) is 0 Å². The highest BCUT2D eigenvalue weighted by Crippen LogP contribution is 2.22. The lowest BCUT2D eigenvalue weighted by molar-refractivity contribution is -0.384. The average Bonchev–Trinajstić information content (AvgIpc) is 2.43. The maximum absolute atomic E-state index is 10.8. The molecule has 19 heavy (non-hydrogen) atoms. The third-order valence-electron chi connectivity index (χ3n) is 3.09. The molecule has 0 saturated heterocycles. The van der Waals surface area contributed by atoms with Crippen LogP contribution in [0.2, 0.25) is 0 Å². The van der Waals surface area contributed by atoms with Gasteiger partial charge in [-0.1, -0.05) is 32.4 Å². The molecule has 5 heteroatoms. The molecule has 2 N–H and O–H groups in total. The first-order valence-corrected chi connectivity index (χ1v) is 6.67. The number of nitro benzene ring substituents is 1. The van der Waals surface area contributed by atoms with Crippen molar-refractivity contribution in [3.8, 4) is 0 Å². The summed E-state index contributed by atoms with van der Waals surface area (Å²) >= 11 is 0. The maximum Gasteiger partial charge on any atom is 0.269 e. The first-order chi connectivity index (χ1) is 9.08. The molecule has 0 bridgehead atoms. The number of nitrogens with one attached hydrogen (secondary N) is 1. The van der Waals surface area contributed by atoms with Gasteiger partial charge in [-0.15, -0.1) is 0 Å². The van der Waals surface area contributed by atoms with Crippen LogP contribution in [0.5, 0.6) is 0 Å². The second kappa shape index (κ2) is 7.86. The lowest BCUT2D eigenvalue weighted by Crippen LogP contribution is -2.27. The molecule has 0 radical (unpaired) electrons. The summed E-state index contributed by atoms with van der Waals surface area (Å²) in [6, 6.07) is 6.84. The molecule has 2 atom stereocenters. The van der Waals surface area contributed by atoms with Gasteiger partial charge in [0, 0.05) is 31.3 Å². The molecular formula is C14H22N2O3. The standard InChI is InChI=1S/C14H22N2O3/c1-3-5-14(15-9-11(2)10-17)12-6-4-7-13(8-12)16(18)19/h4,6-8,11,14-15,17H,3,5,9-10H2,1-2H3. The summed E-state index contributed by atoms with van der Waals surface area (Å²) in [4.78, 5) is 10.4. The summed E-state index contributed by atoms with van der Waals surface area (Å²) < 4.78 is 0. The van der Waals surface area contributed by atoms with E-state index in [0.29, 0.717) is 6.54 Å². The Morgan fingerprint density at radius 1 is 1.47 bits per heavy atom. The third kappa shape index (κ3) is 4.96. The average molecular weight is 266 g/mol. The van der Waals surface area contributed by atoms with Gasteiger partial charge in [-0.3, -0.25) is 10.1 Å². The molecule has 1 rings (SSSR count). The minimum atomic E-state index is -0.372. The van der Waals surface area contributed by atoms with E-state index in [0.717, 1.165) is 18.4 Å². The predicted octanol–water partition coefficient (Wildman–Crippen LogP) is 2.65. The van der Waals surface area contributed by atoms with Crippen LogP contribution in [-0.4, -0.2) is 23.2 Å². The summed E-state index contributed by atoms with van der Waals surface area (Å²) in [5.41, 5.74) is 1.05. The molecule has 1 aromatic carbocycles. The Hall–Kier alpha value is -1.46. The fourth-order valence-corrected chi connectivity index (χ4v) is 1.94. The molecule has 0 saturated carbocycles. The summed E-state index contributed by atoms with van der Waals surface area (Å²) in [7, 11) is 0. The number of rotatable bonds is 8. The highest BCUT2D eigenvalue weighted by Gasteiger charge is 2.14. The van der Waals surface area contributed by atoms with Crippen molar-refractivity contribution in [2.45, 2.75) is 32.7 Å². The van der Waals surface area contributed by atoms with Crippen molar-refractivity contribution in [1.82, 2.24) is 5.32 Å². The molecule has 0 aliphatic rings. The largest absolute Gasteiger partial charge is 0.396 e. The van der Waals surface area contributed by atoms with Crippen molar-refractivity contribution >= 4 is 5.69 Å². The number of aliphatic hydroxyl groups excluding tert-OH is 1. The van der Waals surface area contributed by atoms with Crippen LogP contribution in [0.3, 0.4) is 0 Å². The second-order valence-electron chi connectivity index (χ2n) is 4.89. The van der Waals surface area contributed by atoms with Gasteiger partial charge in [-0.05, 0) is 17.9 Å². The summed E-state index contributed by atoms with van der Waals surface area (Å²) in [5.74, 6) is 0.179. The van der Waals surface area contributed by atoms with E-state index >= 15 is 0 Å². The molecule has 0 aromatic heterocycles. The molecule has 0 aliphatic heterocycles. The maximum atomic E-state index is 10.8. The third-order valence-corrected chi connectivity index (χ3v) is 3.09. The minimum Gasteiger partial charge on any atom is -0.396 e. The number of hydrogen-bond donors (Lipinski definition) is 2. The Balaban J connectivity index is 2.79. The van der Waals surface area contributed by atoms with Gasteiger partial charge in [0.05, 0.1) is 4.92 Å². The predicted molar refractivity (Wildman–Crippen MR) is 75.0 cm³/mol. The molecule has 106 valence electrons. The van der Waals surface area contributed by atoms with Crippen molar-refractivity contribution in [2.24, 2.45) is 5.92 Å². The smallest absolute Gasteiger partial charge is 0.269 e. The SMILES string of the molecule is CCCC(NCC(C)CO)c1cccc([N+](=O)[O-])c1. The van der Waals surface area contributed by atoms with Crippen molar-refractivity contribution in [3.63, 3.8) is 0 Å². The van der Waals surface area contributed by atoms with Crippen molar-refractivity contribution in [3.05, 3.63) is 39.9 Å². The van der Waals surface area contributed by atoms with Crippen LogP contribution in [0.15, 0.2) is 24.3 Å². The minimum absolute atomic E-state index is 0.0962. The van der Waals surface area contributed by atoms with Crippen LogP contribution in [0.4, 0.5) is 5.69 Å². The number of benzene rings is 1. The molecule has 0 amide bonds. The topological polar surface area (TPSA) is 75.4 Å². The Morgan fingerprint density at radius 3 is 2.79 bits per heavy atom. The highest BCUT2D eigenvalue weighted by molar-refractivity contribution is 5.35. The van der Waals surface area contributed by atoms with E-state index in [1.807, 2.05) is 13.0 Å². The number of hydrogen-bond acceptors (Lipinski definition) is 4. The molecule has 1 aromatic rings. The quantitative estimate of drug-likeness (QED) is 0.560. The van der Waals surface area contributed by atoms with Gasteiger partial charge in [-0.2, -0.15) is 0 Å². The van der Waals surface area contributed by atoms with Crippen LogP contribution in [0.25, 0.3) is 0 Å². The van der Waals surface area contributed by atoms with E-state index < -0.39 is 0 Å². The molecule has 0 heterocycles. The van der Waals surface area contributed by atoms with Gasteiger partial charge in [-0.25, -0.2) is 0 Å². The number of aliphatic hydroxyl groups is 1. The van der Waals surface area contributed by atoms with Gasteiger partial charge in [0.25, 0.3) is 5.69 Å². The lowest BCUT2D eigenvalue weighted by Gasteiger charge is -2.20. The molecular weight excluding hydrogens is 244 g/mol. The first kappa shape index (κ1) is 15.6. The Bertz CT molecular complexity index is 409. The second-order valence-corrected chi connectivity index (χ2v) is 4.89. The monoisotopic (exact) mass is 266 g/mol. The van der Waals surface area contributed by atoms with E-state index in [4.69, 9.17) is 5.11 Å². The summed E-state index contributed by atoms with van der Waals surface area (Å²) in [5, 5.41) is 23.2. The normalized spacial score (nSPS) is 14.1. The van der Waals surface area contributed by atoms with Crippen LogP contribution in [0.1, 0.15) is 38.3 Å². The Labute approximate surface area is 113 Å². The lowest BCUT2D eigenvalue weighted by atomic mass is 10.0. The summed E-state index contributed by atoms with van der Waals surface area (Å²) in [6.07, 6.45) is 1.91. The Morgan fingerprint density at radius 2 is 2.21 bits per heavy atom. The first-order valence-electron chi connectivity index (χ1n) is 6.67. The van der Waals surface area contributed by atoms with Crippen molar-refractivity contribution in [2.75, 3.05) is 13.2 Å². The van der Waals surface area contributed by atoms with Gasteiger partial charge < -0.3 is 10.4 Å². The van der Waals surface area contributed by atoms with E-state index in [9.17, 15) is 10.1 Å². The van der Waals surface area contributed by atoms with Gasteiger partial charge in [0.2, 0.25) is 0 Å². The number of nitrogens with zero attached hydrogens (tertiary/aromatic N) is 1. The van der Waals surface area contributed by atoms with Crippen LogP contribution in [-0.2, 0) is 0 Å². The van der Waals surface area contributed by atoms with Crippen LogP contribution in [0, 0.1) is 16.0 Å². The zero-order valence-electron chi connectivity index (χ0n) is 11.5. The number of nitro groups is 1. The molecule has 0 fully saturated rings. The van der Waals surface area contributed by atoms with E-state index in [2.05, 4.69) is 12.2 Å². The number of non-ortho nitro benzene ring substituents is 1. The van der Waals surface area contributed by atoms with Gasteiger partial charge >= 0.3 is 0 Å². The molecule has 2 unspecified atom stereocenters. The molecule has 5 nitrogen and oxygen atoms in total. The van der Waals surface area contributed by atoms with Crippen LogP contribution >= 0.6 is 0 Å². The zero-order chi connectivity index (χ0) is 14.3. The summed E-state index contributed by atoms with van der Waals surface area (Å²) in [6.45, 7) is 4.88. The highest BCUT2D eigenvalue weighted by atomic mass is 16.6. The zero-order valence-corrected chi connectivity index (χ0v) is 11.5. The van der Waals surface area contributed by atoms with Gasteiger partial charge in [0.1, 0.15) is 0 Å². The van der Waals surface area contributed by atoms with E-state index in [1.165, 1.54) is 6.07 Å². The molecule has 0 spiro atoms. The van der Waals surface area contributed by atoms with Crippen LogP contribution < -0.4 is 5.32 Å². The fraction of sp³-hybridized carbons (Fsp3) is 0.571. The van der Waals surface area contributed by atoms with E-state index in [-0.39, 0.29) is 29.2 Å². The molecule has 0 aliphatic carbocycles. The van der Waals surface area contributed by atoms with E-state index in [1.54, 1.807) is 12.1 Å².